The molecule has 2 aliphatic carbocycles. The van der Waals surface area contributed by atoms with Crippen molar-refractivity contribution in [3.63, 3.8) is 0 Å². The number of carboxylic acid groups (broad SMARTS) is 1. The number of carboxylic acids is 1. The van der Waals surface area contributed by atoms with Gasteiger partial charge in [0.1, 0.15) is 0 Å². The van der Waals surface area contributed by atoms with Crippen molar-refractivity contribution in [1.82, 2.24) is 5.32 Å². The summed E-state index contributed by atoms with van der Waals surface area (Å²) in [4.78, 5) is 10.9. The summed E-state index contributed by atoms with van der Waals surface area (Å²) in [5.41, 5.74) is 0. The number of carbonyl (C=O) groups is 1. The number of rotatable bonds is 4. The maximum Gasteiger partial charge on any atom is 0.306 e. The molecule has 2 aliphatic rings. The Hall–Kier alpha value is -0.610. The van der Waals surface area contributed by atoms with E-state index >= 15 is 0 Å². The van der Waals surface area contributed by atoms with E-state index in [1.807, 2.05) is 0 Å². The number of nitrogens with one attached hydrogen (secondary N) is 1. The van der Waals surface area contributed by atoms with Gasteiger partial charge >= 0.3 is 5.97 Å². The van der Waals surface area contributed by atoms with Gasteiger partial charge in [-0.3, -0.25) is 4.79 Å². The molecule has 2 saturated carbocycles. The molecular formula is C12H21NO3. The van der Waals surface area contributed by atoms with Gasteiger partial charge in [0.15, 0.2) is 0 Å². The van der Waals surface area contributed by atoms with Crippen molar-refractivity contribution < 1.29 is 15.0 Å². The maximum atomic E-state index is 10.9. The summed E-state index contributed by atoms with van der Waals surface area (Å²) in [5, 5.41) is 21.6. The second-order valence-electron chi connectivity index (χ2n) is 5.30. The van der Waals surface area contributed by atoms with Gasteiger partial charge in [0.05, 0.1) is 12.0 Å². The molecule has 0 bridgehead atoms. The highest BCUT2D eigenvalue weighted by atomic mass is 16.4. The molecule has 0 aromatic carbocycles. The Morgan fingerprint density at radius 3 is 2.62 bits per heavy atom. The lowest BCUT2D eigenvalue weighted by atomic mass is 9.81. The lowest BCUT2D eigenvalue weighted by Crippen LogP contribution is -2.42. The molecule has 0 radical (unpaired) electrons. The fraction of sp³-hybridized carbons (Fsp3) is 0.917. The van der Waals surface area contributed by atoms with Crippen LogP contribution in [-0.2, 0) is 4.79 Å². The average Bonchev–Trinajstić information content (AvgIpc) is 2.23. The SMILES string of the molecule is O=C(O)C1CCCC(NCC2CC(O)C2)C1. The van der Waals surface area contributed by atoms with Crippen LogP contribution in [0.25, 0.3) is 0 Å². The van der Waals surface area contributed by atoms with E-state index in [-0.39, 0.29) is 12.0 Å². The van der Waals surface area contributed by atoms with Crippen molar-refractivity contribution in [2.45, 2.75) is 50.7 Å². The molecule has 92 valence electrons. The summed E-state index contributed by atoms with van der Waals surface area (Å²) in [5.74, 6) is -0.205. The first-order valence-corrected chi connectivity index (χ1v) is 6.29. The number of aliphatic carboxylic acids is 1. The van der Waals surface area contributed by atoms with Crippen LogP contribution in [0.3, 0.4) is 0 Å². The Bertz CT molecular complexity index is 251. The first-order chi connectivity index (χ1) is 7.65. The first kappa shape index (κ1) is 11.9. The summed E-state index contributed by atoms with van der Waals surface area (Å²) >= 11 is 0. The molecule has 3 N–H and O–H groups in total. The standard InChI is InChI=1S/C12H21NO3/c14-11-4-8(5-11)7-13-10-3-1-2-9(6-10)12(15)16/h8-11,13-14H,1-7H2,(H,15,16). The Labute approximate surface area is 96.0 Å². The summed E-state index contributed by atoms with van der Waals surface area (Å²) < 4.78 is 0. The normalized spacial score (nSPS) is 39.1. The van der Waals surface area contributed by atoms with Crippen LogP contribution in [0, 0.1) is 11.8 Å². The van der Waals surface area contributed by atoms with Crippen molar-refractivity contribution in [2.75, 3.05) is 6.54 Å². The minimum atomic E-state index is -0.648. The third kappa shape index (κ3) is 2.95. The highest BCUT2D eigenvalue weighted by Crippen LogP contribution is 2.28. The second kappa shape index (κ2) is 5.15. The third-order valence-corrected chi connectivity index (χ3v) is 3.93. The van der Waals surface area contributed by atoms with Gasteiger partial charge in [-0.05, 0) is 44.6 Å². The molecule has 0 aliphatic heterocycles. The molecule has 2 unspecified atom stereocenters. The largest absolute Gasteiger partial charge is 0.481 e. The van der Waals surface area contributed by atoms with Crippen molar-refractivity contribution in [1.29, 1.82) is 0 Å². The van der Waals surface area contributed by atoms with E-state index in [4.69, 9.17) is 10.2 Å². The van der Waals surface area contributed by atoms with Gasteiger partial charge in [0.2, 0.25) is 0 Å². The van der Waals surface area contributed by atoms with Gasteiger partial charge in [0, 0.05) is 6.04 Å². The van der Waals surface area contributed by atoms with Crippen molar-refractivity contribution in [3.05, 3.63) is 0 Å². The minimum Gasteiger partial charge on any atom is -0.481 e. The predicted octanol–water partition coefficient (Wildman–Crippen LogP) is 0.990. The summed E-state index contributed by atoms with van der Waals surface area (Å²) in [6, 6.07) is 0.368. The van der Waals surface area contributed by atoms with E-state index in [0.29, 0.717) is 12.0 Å². The Morgan fingerprint density at radius 2 is 2.00 bits per heavy atom. The van der Waals surface area contributed by atoms with Crippen LogP contribution in [0.2, 0.25) is 0 Å². The fourth-order valence-corrected chi connectivity index (χ4v) is 2.80. The van der Waals surface area contributed by atoms with Gasteiger partial charge in [-0.15, -0.1) is 0 Å². The molecule has 0 amide bonds. The van der Waals surface area contributed by atoms with Crippen LogP contribution in [0.5, 0.6) is 0 Å². The van der Waals surface area contributed by atoms with Crippen LogP contribution in [0.4, 0.5) is 0 Å². The molecule has 16 heavy (non-hydrogen) atoms. The van der Waals surface area contributed by atoms with Crippen LogP contribution in [0.15, 0.2) is 0 Å². The number of aliphatic hydroxyl groups excluding tert-OH is 1. The van der Waals surface area contributed by atoms with E-state index in [2.05, 4.69) is 5.32 Å². The zero-order valence-corrected chi connectivity index (χ0v) is 9.56. The molecule has 0 aromatic heterocycles. The molecule has 2 fully saturated rings. The topological polar surface area (TPSA) is 69.6 Å². The van der Waals surface area contributed by atoms with E-state index in [1.165, 1.54) is 0 Å². The Balaban J connectivity index is 1.67. The molecule has 4 heteroatoms. The van der Waals surface area contributed by atoms with Gasteiger partial charge in [0.25, 0.3) is 0 Å². The van der Waals surface area contributed by atoms with Gasteiger partial charge < -0.3 is 15.5 Å². The summed E-state index contributed by atoms with van der Waals surface area (Å²) in [6.45, 7) is 0.939. The molecule has 2 atom stereocenters. The third-order valence-electron chi connectivity index (χ3n) is 3.93. The van der Waals surface area contributed by atoms with Crippen molar-refractivity contribution >= 4 is 5.97 Å². The quantitative estimate of drug-likeness (QED) is 0.670. The van der Waals surface area contributed by atoms with Crippen LogP contribution in [0.1, 0.15) is 38.5 Å². The first-order valence-electron chi connectivity index (χ1n) is 6.29. The molecule has 2 rings (SSSR count). The van der Waals surface area contributed by atoms with Crippen LogP contribution < -0.4 is 5.32 Å². The van der Waals surface area contributed by atoms with E-state index in [0.717, 1.165) is 45.1 Å². The van der Waals surface area contributed by atoms with Crippen LogP contribution in [-0.4, -0.2) is 34.9 Å². The Kier molecular flexibility index (Phi) is 3.82. The lowest BCUT2D eigenvalue weighted by Gasteiger charge is -2.34. The Morgan fingerprint density at radius 1 is 1.25 bits per heavy atom. The van der Waals surface area contributed by atoms with E-state index in [1.54, 1.807) is 0 Å². The fourth-order valence-electron chi connectivity index (χ4n) is 2.80. The highest BCUT2D eigenvalue weighted by Gasteiger charge is 2.30. The van der Waals surface area contributed by atoms with Gasteiger partial charge in [-0.2, -0.15) is 0 Å². The average molecular weight is 227 g/mol. The molecule has 0 saturated heterocycles. The van der Waals surface area contributed by atoms with Gasteiger partial charge in [-0.25, -0.2) is 0 Å². The predicted molar refractivity (Wildman–Crippen MR) is 60.1 cm³/mol. The highest BCUT2D eigenvalue weighted by molar-refractivity contribution is 5.70. The molecule has 0 aromatic rings. The smallest absolute Gasteiger partial charge is 0.306 e. The second-order valence-corrected chi connectivity index (χ2v) is 5.30. The van der Waals surface area contributed by atoms with E-state index in [9.17, 15) is 4.79 Å². The van der Waals surface area contributed by atoms with Crippen LogP contribution >= 0.6 is 0 Å². The van der Waals surface area contributed by atoms with Crippen molar-refractivity contribution in [3.8, 4) is 0 Å². The number of hydrogen-bond acceptors (Lipinski definition) is 3. The maximum absolute atomic E-state index is 10.9. The molecule has 0 heterocycles. The van der Waals surface area contributed by atoms with Crippen molar-refractivity contribution in [2.24, 2.45) is 11.8 Å². The number of aliphatic hydroxyl groups is 1. The zero-order valence-electron chi connectivity index (χ0n) is 9.56. The molecular weight excluding hydrogens is 206 g/mol. The summed E-state index contributed by atoms with van der Waals surface area (Å²) in [7, 11) is 0. The molecule has 0 spiro atoms. The summed E-state index contributed by atoms with van der Waals surface area (Å²) in [6.07, 6.45) is 5.43. The minimum absolute atomic E-state index is 0.0927. The van der Waals surface area contributed by atoms with Gasteiger partial charge in [-0.1, -0.05) is 6.42 Å². The van der Waals surface area contributed by atoms with E-state index < -0.39 is 5.97 Å². The lowest BCUT2D eigenvalue weighted by molar-refractivity contribution is -0.143. The zero-order chi connectivity index (χ0) is 11.5. The monoisotopic (exact) mass is 227 g/mol. The number of hydrogen-bond donors (Lipinski definition) is 3. The molecule has 4 nitrogen and oxygen atoms in total.